The van der Waals surface area contributed by atoms with Gasteiger partial charge >= 0.3 is 0 Å². The molecule has 1 N–H and O–H groups in total. The molecule has 0 aliphatic heterocycles. The number of rotatable bonds is 4. The number of carbonyl (C=O) groups is 1. The van der Waals surface area contributed by atoms with Crippen LogP contribution in [0.15, 0.2) is 36.0 Å². The topological polar surface area (TPSA) is 79.9 Å². The molecule has 1 amide bonds. The molecule has 2 aromatic rings. The lowest BCUT2D eigenvalue weighted by molar-refractivity contribution is -0.112. The van der Waals surface area contributed by atoms with Crippen LogP contribution >= 0.6 is 0 Å². The van der Waals surface area contributed by atoms with Gasteiger partial charge in [-0.1, -0.05) is 12.1 Å². The molecule has 22 heavy (non-hydrogen) atoms. The molecule has 0 bridgehead atoms. The highest BCUT2D eigenvalue weighted by atomic mass is 16.5. The lowest BCUT2D eigenvalue weighted by Crippen LogP contribution is -2.14. The first-order valence-electron chi connectivity index (χ1n) is 6.61. The molecule has 0 saturated carbocycles. The van der Waals surface area contributed by atoms with Crippen LogP contribution in [0.3, 0.4) is 0 Å². The number of nitrogens with one attached hydrogen (secondary N) is 1. The smallest absolute Gasteiger partial charge is 0.266 e. The summed E-state index contributed by atoms with van der Waals surface area (Å²) in [6.07, 6.45) is 3.27. The number of anilines is 1. The number of ether oxygens (including phenoxy) is 1. The van der Waals surface area contributed by atoms with Crippen molar-refractivity contribution in [3.8, 4) is 11.8 Å². The van der Waals surface area contributed by atoms with E-state index in [4.69, 9.17) is 4.74 Å². The van der Waals surface area contributed by atoms with Crippen molar-refractivity contribution >= 4 is 17.7 Å². The van der Waals surface area contributed by atoms with Crippen molar-refractivity contribution in [3.05, 3.63) is 47.3 Å². The van der Waals surface area contributed by atoms with Crippen LogP contribution in [0.5, 0.6) is 5.75 Å². The van der Waals surface area contributed by atoms with E-state index >= 15 is 0 Å². The van der Waals surface area contributed by atoms with Crippen molar-refractivity contribution in [2.45, 2.75) is 6.92 Å². The van der Waals surface area contributed by atoms with Gasteiger partial charge in [0.2, 0.25) is 0 Å². The summed E-state index contributed by atoms with van der Waals surface area (Å²) in [6.45, 7) is 1.82. The fraction of sp³-hybridized carbons (Fsp3) is 0.188. The molecular formula is C16H16N4O2. The van der Waals surface area contributed by atoms with Gasteiger partial charge in [0.05, 0.1) is 18.5 Å². The van der Waals surface area contributed by atoms with Crippen LogP contribution < -0.4 is 10.1 Å². The second-order valence-electron chi connectivity index (χ2n) is 4.67. The molecule has 0 fully saturated rings. The third-order valence-electron chi connectivity index (χ3n) is 3.07. The lowest BCUT2D eigenvalue weighted by Gasteiger charge is -2.09. The van der Waals surface area contributed by atoms with E-state index in [1.165, 1.54) is 13.2 Å². The minimum atomic E-state index is -0.491. The van der Waals surface area contributed by atoms with E-state index in [2.05, 4.69) is 10.4 Å². The van der Waals surface area contributed by atoms with Crippen molar-refractivity contribution < 1.29 is 9.53 Å². The van der Waals surface area contributed by atoms with E-state index < -0.39 is 5.91 Å². The highest BCUT2D eigenvalue weighted by Gasteiger charge is 2.13. The molecule has 0 spiro atoms. The Hall–Kier alpha value is -3.07. The van der Waals surface area contributed by atoms with Gasteiger partial charge in [0.25, 0.3) is 5.91 Å². The Bertz CT molecular complexity index is 769. The minimum Gasteiger partial charge on any atom is -0.495 e. The second-order valence-corrected chi connectivity index (χ2v) is 4.67. The number of amides is 1. The van der Waals surface area contributed by atoms with E-state index in [0.29, 0.717) is 11.4 Å². The fourth-order valence-electron chi connectivity index (χ4n) is 2.00. The average molecular weight is 296 g/mol. The molecule has 0 radical (unpaired) electrons. The number of hydrogen-bond acceptors (Lipinski definition) is 4. The van der Waals surface area contributed by atoms with Crippen LogP contribution in [0.1, 0.15) is 11.3 Å². The largest absolute Gasteiger partial charge is 0.495 e. The van der Waals surface area contributed by atoms with Crippen molar-refractivity contribution in [1.82, 2.24) is 9.78 Å². The van der Waals surface area contributed by atoms with Crippen molar-refractivity contribution in [1.29, 1.82) is 5.26 Å². The van der Waals surface area contributed by atoms with Crippen LogP contribution in [0.25, 0.3) is 6.08 Å². The molecule has 1 heterocycles. The number of benzene rings is 1. The van der Waals surface area contributed by atoms with Crippen LogP contribution in [0, 0.1) is 18.3 Å². The SMILES string of the molecule is COc1ccccc1NC(=O)C(C#N)=Cc1cn(C)nc1C. The van der Waals surface area contributed by atoms with Gasteiger partial charge in [-0.15, -0.1) is 0 Å². The summed E-state index contributed by atoms with van der Waals surface area (Å²) in [5, 5.41) is 16.1. The van der Waals surface area contributed by atoms with Crippen molar-refractivity contribution in [2.24, 2.45) is 7.05 Å². The summed E-state index contributed by atoms with van der Waals surface area (Å²) in [5.41, 5.74) is 2.00. The molecule has 6 heteroatoms. The maximum atomic E-state index is 12.2. The zero-order valence-electron chi connectivity index (χ0n) is 12.6. The van der Waals surface area contributed by atoms with Crippen LogP contribution in [0.4, 0.5) is 5.69 Å². The molecule has 1 aromatic heterocycles. The summed E-state index contributed by atoms with van der Waals surface area (Å²) in [7, 11) is 3.30. The van der Waals surface area contributed by atoms with Crippen LogP contribution in [-0.4, -0.2) is 22.8 Å². The summed E-state index contributed by atoms with van der Waals surface area (Å²) >= 11 is 0. The Morgan fingerprint density at radius 3 is 2.77 bits per heavy atom. The van der Waals surface area contributed by atoms with Crippen LogP contribution in [-0.2, 0) is 11.8 Å². The average Bonchev–Trinajstić information content (AvgIpc) is 2.82. The predicted octanol–water partition coefficient (Wildman–Crippen LogP) is 2.28. The number of methoxy groups -OCH3 is 1. The van der Waals surface area contributed by atoms with E-state index in [-0.39, 0.29) is 5.57 Å². The molecule has 112 valence electrons. The van der Waals surface area contributed by atoms with Gasteiger partial charge in [-0.3, -0.25) is 9.48 Å². The monoisotopic (exact) mass is 296 g/mol. The minimum absolute atomic E-state index is 0.00186. The second kappa shape index (κ2) is 6.59. The molecule has 0 atom stereocenters. The first-order chi connectivity index (χ1) is 10.5. The summed E-state index contributed by atoms with van der Waals surface area (Å²) in [5.74, 6) is 0.0425. The zero-order chi connectivity index (χ0) is 16.1. The molecule has 6 nitrogen and oxygen atoms in total. The van der Waals surface area contributed by atoms with Gasteiger partial charge in [0, 0.05) is 18.8 Å². The number of hydrogen-bond donors (Lipinski definition) is 1. The predicted molar refractivity (Wildman–Crippen MR) is 83.2 cm³/mol. The summed E-state index contributed by atoms with van der Waals surface area (Å²) in [4.78, 5) is 12.2. The number of aromatic nitrogens is 2. The Morgan fingerprint density at radius 2 is 2.18 bits per heavy atom. The summed E-state index contributed by atoms with van der Waals surface area (Å²) < 4.78 is 6.80. The Morgan fingerprint density at radius 1 is 1.45 bits per heavy atom. The molecule has 0 unspecified atom stereocenters. The van der Waals surface area contributed by atoms with E-state index in [9.17, 15) is 10.1 Å². The first-order valence-corrected chi connectivity index (χ1v) is 6.61. The Kier molecular flexibility index (Phi) is 4.59. The number of nitriles is 1. The molecule has 1 aromatic carbocycles. The highest BCUT2D eigenvalue weighted by molar-refractivity contribution is 6.10. The van der Waals surface area contributed by atoms with Gasteiger partial charge in [0.1, 0.15) is 17.4 Å². The van der Waals surface area contributed by atoms with Gasteiger partial charge < -0.3 is 10.1 Å². The molecule has 0 aliphatic rings. The number of nitrogens with zero attached hydrogens (tertiary/aromatic N) is 3. The third-order valence-corrected chi connectivity index (χ3v) is 3.07. The lowest BCUT2D eigenvalue weighted by atomic mass is 10.1. The molecule has 0 saturated heterocycles. The maximum Gasteiger partial charge on any atom is 0.266 e. The fourth-order valence-corrected chi connectivity index (χ4v) is 2.00. The Labute approximate surface area is 128 Å². The van der Waals surface area contributed by atoms with Gasteiger partial charge in [-0.25, -0.2) is 0 Å². The standard InChI is InChI=1S/C16H16N4O2/c1-11-13(10-20(2)19-11)8-12(9-17)16(21)18-14-6-4-5-7-15(14)22-3/h4-8,10H,1-3H3,(H,18,21). The maximum absolute atomic E-state index is 12.2. The first kappa shape index (κ1) is 15.3. The molecule has 2 rings (SSSR count). The highest BCUT2D eigenvalue weighted by Crippen LogP contribution is 2.23. The van der Waals surface area contributed by atoms with Gasteiger partial charge in [0.15, 0.2) is 0 Å². The van der Waals surface area contributed by atoms with Gasteiger partial charge in [-0.05, 0) is 25.1 Å². The Balaban J connectivity index is 2.27. The molecule has 0 aliphatic carbocycles. The number of para-hydroxylation sites is 2. The number of carbonyl (C=O) groups excluding carboxylic acids is 1. The van der Waals surface area contributed by atoms with E-state index in [0.717, 1.165) is 11.3 Å². The third kappa shape index (κ3) is 3.33. The number of aryl methyl sites for hydroxylation is 2. The van der Waals surface area contributed by atoms with Crippen LogP contribution in [0.2, 0.25) is 0 Å². The van der Waals surface area contributed by atoms with Crippen molar-refractivity contribution in [2.75, 3.05) is 12.4 Å². The van der Waals surface area contributed by atoms with E-state index in [1.807, 2.05) is 13.0 Å². The van der Waals surface area contributed by atoms with Gasteiger partial charge in [-0.2, -0.15) is 10.4 Å². The normalized spacial score (nSPS) is 10.9. The molecular weight excluding hydrogens is 280 g/mol. The van der Waals surface area contributed by atoms with E-state index in [1.54, 1.807) is 42.2 Å². The van der Waals surface area contributed by atoms with Crippen molar-refractivity contribution in [3.63, 3.8) is 0 Å². The quantitative estimate of drug-likeness (QED) is 0.693. The summed E-state index contributed by atoms with van der Waals surface area (Å²) in [6, 6.07) is 8.93. The zero-order valence-corrected chi connectivity index (χ0v) is 12.6.